The molecule has 1 fully saturated rings. The number of amides is 1. The highest BCUT2D eigenvalue weighted by Gasteiger charge is 2.37. The van der Waals surface area contributed by atoms with Gasteiger partial charge in [0, 0.05) is 24.9 Å². The number of rotatable bonds is 7. The molecule has 9 heteroatoms. The van der Waals surface area contributed by atoms with Crippen molar-refractivity contribution in [3.05, 3.63) is 47.5 Å². The zero-order chi connectivity index (χ0) is 21.2. The van der Waals surface area contributed by atoms with Gasteiger partial charge in [0.2, 0.25) is 5.91 Å². The van der Waals surface area contributed by atoms with Crippen LogP contribution in [0.1, 0.15) is 16.5 Å². The summed E-state index contributed by atoms with van der Waals surface area (Å²) in [5.74, 6) is 2.08. The van der Waals surface area contributed by atoms with Gasteiger partial charge >= 0.3 is 0 Å². The van der Waals surface area contributed by atoms with Gasteiger partial charge in [-0.25, -0.2) is 8.42 Å². The zero-order valence-electron chi connectivity index (χ0n) is 16.7. The highest BCUT2D eigenvalue weighted by atomic mass is 32.2. The molecular weight excluding hydrogens is 414 g/mol. The van der Waals surface area contributed by atoms with Crippen LogP contribution in [-0.2, 0) is 21.2 Å². The van der Waals surface area contributed by atoms with E-state index in [0.717, 1.165) is 11.1 Å². The van der Waals surface area contributed by atoms with Crippen molar-refractivity contribution in [2.24, 2.45) is 0 Å². The Labute approximate surface area is 174 Å². The van der Waals surface area contributed by atoms with Crippen LogP contribution in [0.2, 0.25) is 0 Å². The summed E-state index contributed by atoms with van der Waals surface area (Å²) < 4.78 is 39.7. The first kappa shape index (κ1) is 21.3. The average molecular weight is 438 g/mol. The van der Waals surface area contributed by atoms with E-state index in [2.05, 4.69) is 0 Å². The van der Waals surface area contributed by atoms with Crippen LogP contribution in [0.25, 0.3) is 0 Å². The maximum Gasteiger partial charge on any atom is 0.234 e. The Morgan fingerprint density at radius 2 is 1.62 bits per heavy atom. The fourth-order valence-corrected chi connectivity index (χ4v) is 5.05. The van der Waals surface area contributed by atoms with Crippen LogP contribution in [0.5, 0.6) is 17.2 Å². The quantitative estimate of drug-likeness (QED) is 0.659. The van der Waals surface area contributed by atoms with Gasteiger partial charge in [-0.1, -0.05) is 12.1 Å². The van der Waals surface area contributed by atoms with Crippen molar-refractivity contribution in [3.63, 3.8) is 0 Å². The van der Waals surface area contributed by atoms with Gasteiger partial charge < -0.3 is 19.1 Å². The summed E-state index contributed by atoms with van der Waals surface area (Å²) in [4.78, 5) is 14.6. The van der Waals surface area contributed by atoms with Gasteiger partial charge in [-0.15, -0.1) is 11.8 Å². The maximum atomic E-state index is 12.6. The summed E-state index contributed by atoms with van der Waals surface area (Å²) >= 11 is 1.49. The van der Waals surface area contributed by atoms with E-state index in [1.807, 2.05) is 0 Å². The predicted molar refractivity (Wildman–Crippen MR) is 111 cm³/mol. The van der Waals surface area contributed by atoms with E-state index >= 15 is 0 Å². The van der Waals surface area contributed by atoms with E-state index < -0.39 is 9.84 Å². The molecule has 0 aromatic heterocycles. The number of sulfone groups is 1. The highest BCUT2D eigenvalue weighted by Crippen LogP contribution is 2.48. The topological polar surface area (TPSA) is 82.1 Å². The third-order valence-corrected chi connectivity index (χ3v) is 7.02. The lowest BCUT2D eigenvalue weighted by molar-refractivity contribution is -0.128. The molecule has 1 saturated heterocycles. The highest BCUT2D eigenvalue weighted by molar-refractivity contribution is 8.00. The number of carbonyl (C=O) groups is 1. The third kappa shape index (κ3) is 4.45. The van der Waals surface area contributed by atoms with Crippen molar-refractivity contribution in [2.45, 2.75) is 16.8 Å². The first-order chi connectivity index (χ1) is 13.8. The van der Waals surface area contributed by atoms with Crippen molar-refractivity contribution in [3.8, 4) is 17.2 Å². The Morgan fingerprint density at radius 3 is 2.10 bits per heavy atom. The minimum absolute atomic E-state index is 0.00730. The SMILES string of the molecule is COc1cc(OC)c(C2SCC(=O)N2Cc2ccc(S(C)(=O)=O)cc2)c(OC)c1. The standard InChI is InChI=1S/C20H23NO6S2/c1-25-14-9-16(26-2)19(17(10-14)27-3)20-21(18(22)12-28-20)11-13-5-7-15(8-6-13)29(4,23)24/h5-10,20H,11-12H2,1-4H3. The molecule has 1 amide bonds. The lowest BCUT2D eigenvalue weighted by Crippen LogP contribution is -2.28. The molecule has 3 rings (SSSR count). The normalized spacial score (nSPS) is 16.8. The fraction of sp³-hybridized carbons (Fsp3) is 0.350. The van der Waals surface area contributed by atoms with E-state index in [0.29, 0.717) is 29.5 Å². The molecule has 1 aliphatic rings. The number of benzene rings is 2. The molecule has 0 bridgehead atoms. The molecule has 7 nitrogen and oxygen atoms in total. The largest absolute Gasteiger partial charge is 0.496 e. The maximum absolute atomic E-state index is 12.6. The van der Waals surface area contributed by atoms with E-state index in [1.54, 1.807) is 62.6 Å². The van der Waals surface area contributed by atoms with Crippen LogP contribution >= 0.6 is 11.8 Å². The Bertz CT molecular complexity index is 979. The number of hydrogen-bond donors (Lipinski definition) is 0. The molecule has 1 aliphatic heterocycles. The molecule has 2 aromatic carbocycles. The van der Waals surface area contributed by atoms with Crippen LogP contribution < -0.4 is 14.2 Å². The van der Waals surface area contributed by atoms with Crippen molar-refractivity contribution in [1.82, 2.24) is 4.90 Å². The second-order valence-electron chi connectivity index (χ2n) is 6.55. The number of ether oxygens (including phenoxy) is 3. The number of nitrogens with zero attached hydrogens (tertiary/aromatic N) is 1. The van der Waals surface area contributed by atoms with Crippen molar-refractivity contribution >= 4 is 27.5 Å². The van der Waals surface area contributed by atoms with Gasteiger partial charge in [0.05, 0.1) is 37.5 Å². The molecule has 0 spiro atoms. The Hall–Kier alpha value is -2.39. The lowest BCUT2D eigenvalue weighted by Gasteiger charge is -2.27. The Kier molecular flexibility index (Phi) is 6.28. The molecule has 0 radical (unpaired) electrons. The molecule has 1 heterocycles. The molecule has 1 unspecified atom stereocenters. The van der Waals surface area contributed by atoms with Crippen LogP contribution in [0, 0.1) is 0 Å². The molecule has 0 N–H and O–H groups in total. The summed E-state index contributed by atoms with van der Waals surface area (Å²) in [6.45, 7) is 0.346. The predicted octanol–water partition coefficient (Wildman–Crippen LogP) is 2.89. The van der Waals surface area contributed by atoms with Gasteiger partial charge in [-0.3, -0.25) is 4.79 Å². The number of hydrogen-bond acceptors (Lipinski definition) is 7. The van der Waals surface area contributed by atoms with Gasteiger partial charge in [0.25, 0.3) is 0 Å². The molecule has 0 aliphatic carbocycles. The minimum atomic E-state index is -3.27. The number of thioether (sulfide) groups is 1. The van der Waals surface area contributed by atoms with Crippen LogP contribution in [0.15, 0.2) is 41.3 Å². The first-order valence-electron chi connectivity index (χ1n) is 8.78. The number of carbonyl (C=O) groups excluding carboxylic acids is 1. The van der Waals surface area contributed by atoms with Crippen LogP contribution in [-0.4, -0.2) is 52.6 Å². The first-order valence-corrected chi connectivity index (χ1v) is 11.7. The van der Waals surface area contributed by atoms with E-state index in [4.69, 9.17) is 14.2 Å². The monoisotopic (exact) mass is 437 g/mol. The summed E-state index contributed by atoms with van der Waals surface area (Å²) in [6, 6.07) is 10.1. The van der Waals surface area contributed by atoms with Crippen LogP contribution in [0.4, 0.5) is 0 Å². The Morgan fingerprint density at radius 1 is 1.03 bits per heavy atom. The summed E-state index contributed by atoms with van der Waals surface area (Å²) in [5.41, 5.74) is 1.60. The van der Waals surface area contributed by atoms with Crippen molar-refractivity contribution in [2.75, 3.05) is 33.3 Å². The third-order valence-electron chi connectivity index (χ3n) is 4.67. The molecule has 0 saturated carbocycles. The second-order valence-corrected chi connectivity index (χ2v) is 9.63. The van der Waals surface area contributed by atoms with E-state index in [-0.39, 0.29) is 16.2 Å². The smallest absolute Gasteiger partial charge is 0.234 e. The van der Waals surface area contributed by atoms with Gasteiger partial charge in [0.15, 0.2) is 9.84 Å². The van der Waals surface area contributed by atoms with Crippen LogP contribution in [0.3, 0.4) is 0 Å². The van der Waals surface area contributed by atoms with Gasteiger partial charge in [-0.05, 0) is 17.7 Å². The molecule has 156 valence electrons. The van der Waals surface area contributed by atoms with E-state index in [9.17, 15) is 13.2 Å². The molecule has 29 heavy (non-hydrogen) atoms. The summed E-state index contributed by atoms with van der Waals surface area (Å²) in [6.07, 6.45) is 1.17. The van der Waals surface area contributed by atoms with Crippen molar-refractivity contribution < 1.29 is 27.4 Å². The van der Waals surface area contributed by atoms with Crippen molar-refractivity contribution in [1.29, 1.82) is 0 Å². The molecule has 2 aromatic rings. The van der Waals surface area contributed by atoms with E-state index in [1.165, 1.54) is 18.0 Å². The minimum Gasteiger partial charge on any atom is -0.496 e. The van der Waals surface area contributed by atoms with Gasteiger partial charge in [-0.2, -0.15) is 0 Å². The number of methoxy groups -OCH3 is 3. The zero-order valence-corrected chi connectivity index (χ0v) is 18.3. The summed E-state index contributed by atoms with van der Waals surface area (Å²) in [5, 5.41) is -0.298. The fourth-order valence-electron chi connectivity index (χ4n) is 3.18. The van der Waals surface area contributed by atoms with Gasteiger partial charge in [0.1, 0.15) is 22.6 Å². The molecule has 1 atom stereocenters. The lowest BCUT2D eigenvalue weighted by atomic mass is 10.1. The average Bonchev–Trinajstić information content (AvgIpc) is 3.06. The summed E-state index contributed by atoms with van der Waals surface area (Å²) in [7, 11) is 1.42. The Balaban J connectivity index is 1.95. The second kappa shape index (κ2) is 8.54. The molecular formula is C20H23NO6S2.